The monoisotopic (exact) mass is 542 g/mol. The van der Waals surface area contributed by atoms with Crippen LogP contribution in [-0.4, -0.2) is 90.5 Å². The third kappa shape index (κ3) is 5.29. The van der Waals surface area contributed by atoms with Crippen LogP contribution >= 0.6 is 0 Å². The van der Waals surface area contributed by atoms with Crippen molar-refractivity contribution in [2.45, 2.75) is 87.7 Å². The number of rotatable bonds is 8. The number of amides is 2. The molecule has 0 bridgehead atoms. The van der Waals surface area contributed by atoms with Crippen molar-refractivity contribution in [3.8, 4) is 11.5 Å². The Morgan fingerprint density at radius 2 is 1.92 bits per heavy atom. The number of aliphatic hydroxyl groups excluding tert-OH is 2. The van der Waals surface area contributed by atoms with Gasteiger partial charge < -0.3 is 34.6 Å². The summed E-state index contributed by atoms with van der Waals surface area (Å²) in [5.74, 6) is -0.575. The van der Waals surface area contributed by atoms with Crippen molar-refractivity contribution < 1.29 is 38.8 Å². The molecule has 2 heterocycles. The quantitative estimate of drug-likeness (QED) is 0.335. The average Bonchev–Trinajstić information content (AvgIpc) is 3.55. The molecule has 39 heavy (non-hydrogen) atoms. The fourth-order valence-corrected chi connectivity index (χ4v) is 6.57. The Kier molecular flexibility index (Phi) is 8.54. The molecule has 4 aliphatic rings. The summed E-state index contributed by atoms with van der Waals surface area (Å²) in [6.45, 7) is 0.337. The Morgan fingerprint density at radius 1 is 1.15 bits per heavy atom. The molecular formula is C29H38N2O8. The van der Waals surface area contributed by atoms with Gasteiger partial charge in [-0.05, 0) is 43.9 Å². The van der Waals surface area contributed by atoms with Gasteiger partial charge in [-0.1, -0.05) is 25.7 Å². The second-order valence-electron chi connectivity index (χ2n) is 10.8. The third-order valence-corrected chi connectivity index (χ3v) is 8.41. The molecule has 0 radical (unpaired) electrons. The van der Waals surface area contributed by atoms with Crippen LogP contribution in [0.4, 0.5) is 0 Å². The molecule has 5 atom stereocenters. The molecule has 1 aromatic rings. The Morgan fingerprint density at radius 3 is 2.56 bits per heavy atom. The number of benzene rings is 1. The number of fused-ring (bicyclic) bond motifs is 3. The molecule has 5 rings (SSSR count). The SMILES string of the molecule is COc1cc(C=O)cc2c1OC1C2C(C(=O)NCCO)=CC(N(C(=O)C2CCCO2)C2CCCCCC2)C1O. The smallest absolute Gasteiger partial charge is 0.252 e. The van der Waals surface area contributed by atoms with E-state index in [1.807, 2.05) is 0 Å². The van der Waals surface area contributed by atoms with E-state index in [0.717, 1.165) is 44.9 Å². The van der Waals surface area contributed by atoms with Gasteiger partial charge in [0.1, 0.15) is 24.6 Å². The van der Waals surface area contributed by atoms with Crippen LogP contribution in [0, 0.1) is 0 Å². The summed E-state index contributed by atoms with van der Waals surface area (Å²) in [6, 6.07) is 2.29. The molecule has 1 aromatic carbocycles. The number of carbonyl (C=O) groups excluding carboxylic acids is 3. The molecule has 2 amide bonds. The molecule has 10 nitrogen and oxygen atoms in total. The minimum Gasteiger partial charge on any atom is -0.493 e. The van der Waals surface area contributed by atoms with Gasteiger partial charge in [0.05, 0.1) is 25.7 Å². The normalized spacial score (nSPS) is 28.4. The van der Waals surface area contributed by atoms with Gasteiger partial charge in [0, 0.05) is 35.9 Å². The van der Waals surface area contributed by atoms with Crippen LogP contribution in [0.15, 0.2) is 23.8 Å². The maximum absolute atomic E-state index is 14.0. The zero-order valence-electron chi connectivity index (χ0n) is 22.3. The highest BCUT2D eigenvalue weighted by molar-refractivity contribution is 5.96. The average molecular weight is 543 g/mol. The minimum absolute atomic E-state index is 0.0490. The van der Waals surface area contributed by atoms with E-state index in [1.54, 1.807) is 23.1 Å². The molecule has 212 valence electrons. The topological polar surface area (TPSA) is 135 Å². The summed E-state index contributed by atoms with van der Waals surface area (Å²) in [6.07, 6.45) is 6.99. The van der Waals surface area contributed by atoms with E-state index < -0.39 is 36.2 Å². The van der Waals surface area contributed by atoms with E-state index in [4.69, 9.17) is 14.2 Å². The highest BCUT2D eigenvalue weighted by atomic mass is 16.5. The largest absolute Gasteiger partial charge is 0.493 e. The minimum atomic E-state index is -1.14. The second-order valence-corrected chi connectivity index (χ2v) is 10.8. The Bertz CT molecular complexity index is 1110. The van der Waals surface area contributed by atoms with Crippen LogP contribution in [0.2, 0.25) is 0 Å². The van der Waals surface area contributed by atoms with Gasteiger partial charge >= 0.3 is 0 Å². The van der Waals surface area contributed by atoms with Crippen molar-refractivity contribution in [2.24, 2.45) is 0 Å². The number of aldehydes is 1. The van der Waals surface area contributed by atoms with Gasteiger partial charge in [-0.2, -0.15) is 0 Å². The molecular weight excluding hydrogens is 504 g/mol. The lowest BCUT2D eigenvalue weighted by Gasteiger charge is -2.44. The number of carbonyl (C=O) groups is 3. The zero-order chi connectivity index (χ0) is 27.5. The molecule has 2 aliphatic heterocycles. The zero-order valence-corrected chi connectivity index (χ0v) is 22.3. The van der Waals surface area contributed by atoms with Crippen molar-refractivity contribution >= 4 is 18.1 Å². The van der Waals surface area contributed by atoms with Crippen molar-refractivity contribution in [3.05, 3.63) is 34.9 Å². The number of hydrogen-bond donors (Lipinski definition) is 3. The number of nitrogens with one attached hydrogen (secondary N) is 1. The van der Waals surface area contributed by atoms with Crippen LogP contribution in [0.1, 0.15) is 73.2 Å². The molecule has 1 saturated carbocycles. The van der Waals surface area contributed by atoms with E-state index >= 15 is 0 Å². The molecule has 1 saturated heterocycles. The molecule has 2 aliphatic carbocycles. The molecule has 2 fully saturated rings. The number of aliphatic hydroxyl groups is 2. The van der Waals surface area contributed by atoms with Gasteiger partial charge in [0.25, 0.3) is 5.91 Å². The standard InChI is InChI=1S/C29H38N2O8/c1-37-23-14-17(16-33)13-19-24-20(28(35)30-10-11-32)15-21(25(34)27(24)39-26(19)23)31(18-7-4-2-3-5-8-18)29(36)22-9-6-12-38-22/h13-16,18,21-22,24-25,27,32,34H,2-12H2,1H3,(H,30,35). The summed E-state index contributed by atoms with van der Waals surface area (Å²) >= 11 is 0. The first kappa shape index (κ1) is 27.6. The Hall–Kier alpha value is -2.95. The van der Waals surface area contributed by atoms with Gasteiger partial charge in [0.15, 0.2) is 11.5 Å². The lowest BCUT2D eigenvalue weighted by atomic mass is 9.76. The summed E-state index contributed by atoms with van der Waals surface area (Å²) in [7, 11) is 1.47. The van der Waals surface area contributed by atoms with Gasteiger partial charge in [-0.15, -0.1) is 0 Å². The number of methoxy groups -OCH3 is 1. The molecule has 3 N–H and O–H groups in total. The van der Waals surface area contributed by atoms with Crippen molar-refractivity contribution in [1.29, 1.82) is 0 Å². The first-order valence-corrected chi connectivity index (χ1v) is 14.0. The number of nitrogens with zero attached hydrogens (tertiary/aromatic N) is 1. The van der Waals surface area contributed by atoms with E-state index in [1.165, 1.54) is 7.11 Å². The predicted molar refractivity (Wildman–Crippen MR) is 141 cm³/mol. The van der Waals surface area contributed by atoms with Crippen molar-refractivity contribution in [3.63, 3.8) is 0 Å². The lowest BCUT2D eigenvalue weighted by molar-refractivity contribution is -0.150. The lowest BCUT2D eigenvalue weighted by Crippen LogP contribution is -2.60. The fraction of sp³-hybridized carbons (Fsp3) is 0.621. The first-order chi connectivity index (χ1) is 19.0. The summed E-state index contributed by atoms with van der Waals surface area (Å²) in [5, 5.41) is 23.9. The van der Waals surface area contributed by atoms with Crippen LogP contribution in [0.25, 0.3) is 0 Å². The maximum Gasteiger partial charge on any atom is 0.252 e. The van der Waals surface area contributed by atoms with Gasteiger partial charge in [-0.25, -0.2) is 0 Å². The van der Waals surface area contributed by atoms with Crippen molar-refractivity contribution in [2.75, 3.05) is 26.9 Å². The third-order valence-electron chi connectivity index (χ3n) is 8.41. The van der Waals surface area contributed by atoms with E-state index in [-0.39, 0.29) is 25.1 Å². The summed E-state index contributed by atoms with van der Waals surface area (Å²) in [5.41, 5.74) is 1.25. The highest BCUT2D eigenvalue weighted by Crippen LogP contribution is 2.51. The second kappa shape index (κ2) is 12.1. The van der Waals surface area contributed by atoms with Gasteiger partial charge in [-0.3, -0.25) is 14.4 Å². The first-order valence-electron chi connectivity index (χ1n) is 14.0. The molecule has 10 heteroatoms. The summed E-state index contributed by atoms with van der Waals surface area (Å²) in [4.78, 5) is 40.9. The van der Waals surface area contributed by atoms with Crippen LogP contribution in [0.5, 0.6) is 11.5 Å². The van der Waals surface area contributed by atoms with Crippen LogP contribution < -0.4 is 14.8 Å². The predicted octanol–water partition coefficient (Wildman–Crippen LogP) is 1.86. The van der Waals surface area contributed by atoms with Crippen molar-refractivity contribution in [1.82, 2.24) is 10.2 Å². The fourth-order valence-electron chi connectivity index (χ4n) is 6.57. The maximum atomic E-state index is 14.0. The Labute approximate surface area is 228 Å². The molecule has 0 aromatic heterocycles. The van der Waals surface area contributed by atoms with E-state index in [2.05, 4.69) is 5.32 Å². The van der Waals surface area contributed by atoms with Crippen LogP contribution in [-0.2, 0) is 14.3 Å². The van der Waals surface area contributed by atoms with E-state index in [0.29, 0.717) is 47.5 Å². The number of hydrogen-bond acceptors (Lipinski definition) is 8. The summed E-state index contributed by atoms with van der Waals surface area (Å²) < 4.78 is 17.6. The van der Waals surface area contributed by atoms with Gasteiger partial charge in [0.2, 0.25) is 5.91 Å². The molecule has 5 unspecified atom stereocenters. The molecule has 0 spiro atoms. The number of ether oxygens (including phenoxy) is 3. The van der Waals surface area contributed by atoms with Crippen LogP contribution in [0.3, 0.4) is 0 Å². The highest BCUT2D eigenvalue weighted by Gasteiger charge is 2.53. The van der Waals surface area contributed by atoms with E-state index in [9.17, 15) is 24.6 Å². The Balaban J connectivity index is 1.60.